The van der Waals surface area contributed by atoms with E-state index in [4.69, 9.17) is 9.88 Å². The van der Waals surface area contributed by atoms with Gasteiger partial charge in [0.15, 0.2) is 0 Å². The van der Waals surface area contributed by atoms with E-state index in [0.29, 0.717) is 15.8 Å². The third-order valence-corrected chi connectivity index (χ3v) is 4.81. The Kier molecular flexibility index (Phi) is 6.21. The van der Waals surface area contributed by atoms with Gasteiger partial charge in [0.05, 0.1) is 15.5 Å². The van der Waals surface area contributed by atoms with Gasteiger partial charge in [0, 0.05) is 12.1 Å². The third kappa shape index (κ3) is 5.55. The van der Waals surface area contributed by atoms with Gasteiger partial charge in [-0.05, 0) is 65.7 Å². The van der Waals surface area contributed by atoms with Crippen molar-refractivity contribution >= 4 is 31.9 Å². The lowest BCUT2D eigenvalue weighted by molar-refractivity contribution is 0.0950. The second kappa shape index (κ2) is 7.99. The van der Waals surface area contributed by atoms with E-state index in [1.54, 1.807) is 30.3 Å². The van der Waals surface area contributed by atoms with Crippen molar-refractivity contribution in [2.75, 3.05) is 0 Å². The Morgan fingerprint density at radius 3 is 2.36 bits per heavy atom. The molecule has 0 aromatic heterocycles. The highest BCUT2D eigenvalue weighted by Crippen LogP contribution is 2.27. The monoisotopic (exact) mass is 426 g/mol. The van der Waals surface area contributed by atoms with Crippen molar-refractivity contribution in [3.05, 3.63) is 58.1 Å². The van der Waals surface area contributed by atoms with Gasteiger partial charge in [0.1, 0.15) is 5.75 Å². The van der Waals surface area contributed by atoms with Gasteiger partial charge in [0.2, 0.25) is 10.0 Å². The summed E-state index contributed by atoms with van der Waals surface area (Å²) in [6.45, 7) is 4.12. The van der Waals surface area contributed by atoms with E-state index < -0.39 is 10.0 Å². The van der Waals surface area contributed by atoms with Crippen LogP contribution in [0.25, 0.3) is 0 Å². The molecule has 134 valence electrons. The van der Waals surface area contributed by atoms with Crippen LogP contribution >= 0.6 is 15.9 Å². The van der Waals surface area contributed by atoms with Crippen molar-refractivity contribution in [2.24, 2.45) is 5.14 Å². The lowest BCUT2D eigenvalue weighted by atomic mass is 10.2. The molecule has 0 bridgehead atoms. The lowest BCUT2D eigenvalue weighted by Crippen LogP contribution is -2.23. The summed E-state index contributed by atoms with van der Waals surface area (Å²) < 4.78 is 28.7. The number of hydrogen-bond donors (Lipinski definition) is 2. The zero-order valence-corrected chi connectivity index (χ0v) is 16.2. The molecule has 0 spiro atoms. The molecule has 6 nitrogen and oxygen atoms in total. The molecule has 0 aliphatic rings. The summed E-state index contributed by atoms with van der Waals surface area (Å²) in [7, 11) is -3.72. The van der Waals surface area contributed by atoms with Gasteiger partial charge in [-0.3, -0.25) is 4.79 Å². The zero-order valence-electron chi connectivity index (χ0n) is 13.8. The molecule has 1 amide bonds. The van der Waals surface area contributed by atoms with E-state index in [-0.39, 0.29) is 23.5 Å². The summed E-state index contributed by atoms with van der Waals surface area (Å²) in [5, 5.41) is 7.83. The molecule has 3 N–H and O–H groups in total. The molecule has 25 heavy (non-hydrogen) atoms. The summed E-state index contributed by atoms with van der Waals surface area (Å²) in [5.41, 5.74) is 1.25. The van der Waals surface area contributed by atoms with Gasteiger partial charge < -0.3 is 10.1 Å². The molecule has 0 saturated carbocycles. The molecule has 2 rings (SSSR count). The minimum Gasteiger partial charge on any atom is -0.490 e. The Morgan fingerprint density at radius 1 is 1.20 bits per heavy atom. The molecule has 0 radical (unpaired) electrons. The number of halogens is 1. The number of nitrogens with two attached hydrogens (primary N) is 1. The molecule has 2 aromatic carbocycles. The Hall–Kier alpha value is -1.90. The van der Waals surface area contributed by atoms with Gasteiger partial charge >= 0.3 is 0 Å². The molecular formula is C17H19BrN2O4S. The standard InChI is InChI=1S/C17H19BrN2O4S/c1-11(2)24-16-8-5-13(9-15(16)18)17(21)20-10-12-3-6-14(7-4-12)25(19,22)23/h3-9,11H,10H2,1-2H3,(H,20,21)(H2,19,22,23). The molecule has 0 aliphatic heterocycles. The normalized spacial score (nSPS) is 11.4. The molecule has 0 heterocycles. The minimum absolute atomic E-state index is 0.0345. The smallest absolute Gasteiger partial charge is 0.251 e. The molecule has 0 fully saturated rings. The first-order chi connectivity index (χ1) is 11.7. The van der Waals surface area contributed by atoms with Gasteiger partial charge in [0.25, 0.3) is 5.91 Å². The number of amides is 1. The highest BCUT2D eigenvalue weighted by atomic mass is 79.9. The fourth-order valence-corrected chi connectivity index (χ4v) is 3.06. The van der Waals surface area contributed by atoms with Crippen LogP contribution in [0.5, 0.6) is 5.75 Å². The largest absolute Gasteiger partial charge is 0.490 e. The van der Waals surface area contributed by atoms with E-state index in [1.165, 1.54) is 12.1 Å². The SMILES string of the molecule is CC(C)Oc1ccc(C(=O)NCc2ccc(S(N)(=O)=O)cc2)cc1Br. The maximum absolute atomic E-state index is 12.2. The van der Waals surface area contributed by atoms with Crippen LogP contribution in [0.4, 0.5) is 0 Å². The summed E-state index contributed by atoms with van der Waals surface area (Å²) in [4.78, 5) is 12.3. The number of nitrogens with one attached hydrogen (secondary N) is 1. The molecule has 2 aromatic rings. The first kappa shape index (κ1) is 19.4. The average Bonchev–Trinajstić information content (AvgIpc) is 2.53. The Morgan fingerprint density at radius 2 is 1.84 bits per heavy atom. The lowest BCUT2D eigenvalue weighted by Gasteiger charge is -2.12. The Labute approximate surface area is 155 Å². The molecule has 0 aliphatic carbocycles. The van der Waals surface area contributed by atoms with Crippen LogP contribution in [-0.2, 0) is 16.6 Å². The summed E-state index contributed by atoms with van der Waals surface area (Å²) in [6, 6.07) is 11.1. The maximum Gasteiger partial charge on any atom is 0.251 e. The first-order valence-electron chi connectivity index (χ1n) is 7.53. The number of carbonyl (C=O) groups is 1. The van der Waals surface area contributed by atoms with Gasteiger partial charge in [-0.1, -0.05) is 12.1 Å². The second-order valence-electron chi connectivity index (χ2n) is 5.68. The number of hydrogen-bond acceptors (Lipinski definition) is 4. The number of benzene rings is 2. The predicted molar refractivity (Wildman–Crippen MR) is 98.9 cm³/mol. The van der Waals surface area contributed by atoms with E-state index in [0.717, 1.165) is 5.56 Å². The van der Waals surface area contributed by atoms with Gasteiger partial charge in [-0.15, -0.1) is 0 Å². The van der Waals surface area contributed by atoms with Crippen molar-refractivity contribution in [3.8, 4) is 5.75 Å². The van der Waals surface area contributed by atoms with Crippen LogP contribution in [-0.4, -0.2) is 20.4 Å². The fourth-order valence-electron chi connectivity index (χ4n) is 2.07. The number of carbonyl (C=O) groups excluding carboxylic acids is 1. The number of ether oxygens (including phenoxy) is 1. The average molecular weight is 427 g/mol. The highest BCUT2D eigenvalue weighted by molar-refractivity contribution is 9.10. The predicted octanol–water partition coefficient (Wildman–Crippen LogP) is 2.81. The quantitative estimate of drug-likeness (QED) is 0.741. The first-order valence-corrected chi connectivity index (χ1v) is 9.87. The van der Waals surface area contributed by atoms with E-state index >= 15 is 0 Å². The van der Waals surface area contributed by atoms with Crippen LogP contribution in [0, 0.1) is 0 Å². The van der Waals surface area contributed by atoms with Crippen molar-refractivity contribution in [3.63, 3.8) is 0 Å². The third-order valence-electron chi connectivity index (χ3n) is 3.26. The minimum atomic E-state index is -3.72. The van der Waals surface area contributed by atoms with Crippen LogP contribution in [0.15, 0.2) is 51.8 Å². The Bertz CT molecular complexity index is 865. The van der Waals surface area contributed by atoms with Crippen LogP contribution in [0.2, 0.25) is 0 Å². The van der Waals surface area contributed by atoms with Crippen molar-refractivity contribution in [2.45, 2.75) is 31.4 Å². The number of sulfonamides is 1. The topological polar surface area (TPSA) is 98.5 Å². The van der Waals surface area contributed by atoms with E-state index in [1.807, 2.05) is 13.8 Å². The second-order valence-corrected chi connectivity index (χ2v) is 8.10. The van der Waals surface area contributed by atoms with Crippen LogP contribution < -0.4 is 15.2 Å². The van der Waals surface area contributed by atoms with Gasteiger partial charge in [-0.2, -0.15) is 0 Å². The molecular weight excluding hydrogens is 408 g/mol. The highest BCUT2D eigenvalue weighted by Gasteiger charge is 2.11. The summed E-state index contributed by atoms with van der Waals surface area (Å²) >= 11 is 3.39. The molecule has 8 heteroatoms. The molecule has 0 saturated heterocycles. The summed E-state index contributed by atoms with van der Waals surface area (Å²) in [5.74, 6) is 0.428. The van der Waals surface area contributed by atoms with Crippen LogP contribution in [0.1, 0.15) is 29.8 Å². The van der Waals surface area contributed by atoms with Crippen molar-refractivity contribution in [1.29, 1.82) is 0 Å². The number of rotatable bonds is 6. The molecule has 0 atom stereocenters. The van der Waals surface area contributed by atoms with E-state index in [9.17, 15) is 13.2 Å². The van der Waals surface area contributed by atoms with E-state index in [2.05, 4.69) is 21.2 Å². The van der Waals surface area contributed by atoms with Crippen molar-refractivity contribution < 1.29 is 17.9 Å². The van der Waals surface area contributed by atoms with Crippen molar-refractivity contribution in [1.82, 2.24) is 5.32 Å². The molecule has 0 unspecified atom stereocenters. The van der Waals surface area contributed by atoms with Gasteiger partial charge in [-0.25, -0.2) is 13.6 Å². The fraction of sp³-hybridized carbons (Fsp3) is 0.235. The van der Waals surface area contributed by atoms with Crippen LogP contribution in [0.3, 0.4) is 0 Å². The number of primary sulfonamides is 1. The summed E-state index contributed by atoms with van der Waals surface area (Å²) in [6.07, 6.45) is 0.0382. The Balaban J connectivity index is 2.01. The zero-order chi connectivity index (χ0) is 18.6. The maximum atomic E-state index is 12.2.